The molecule has 1 saturated carbocycles. The molecule has 2 bridgehead atoms. The molecule has 40 heavy (non-hydrogen) atoms. The van der Waals surface area contributed by atoms with Gasteiger partial charge >= 0.3 is 6.01 Å². The summed E-state index contributed by atoms with van der Waals surface area (Å²) in [6.07, 6.45) is 5.51. The molecule has 0 unspecified atom stereocenters. The van der Waals surface area contributed by atoms with Crippen molar-refractivity contribution in [3.8, 4) is 23.2 Å². The largest absolute Gasteiger partial charge is 0.463 e. The molecule has 2 atom stereocenters. The summed E-state index contributed by atoms with van der Waals surface area (Å²) in [5, 5.41) is 11.8. The molecule has 0 amide bonds. The number of anilines is 1. The van der Waals surface area contributed by atoms with Gasteiger partial charge in [0, 0.05) is 47.1 Å². The third-order valence-electron chi connectivity index (χ3n) is 8.89. The van der Waals surface area contributed by atoms with Crippen molar-refractivity contribution in [1.29, 1.82) is 5.26 Å². The fraction of sp³-hybridized carbons (Fsp3) is 0.414. The van der Waals surface area contributed by atoms with E-state index in [1.54, 1.807) is 12.3 Å². The Labute approximate surface area is 238 Å². The molecule has 3 aliphatic heterocycles. The monoisotopic (exact) mass is 577 g/mol. The minimum absolute atomic E-state index is 0.121. The minimum atomic E-state index is -0.428. The molecule has 11 heteroatoms. The topological polar surface area (TPSA) is 107 Å². The van der Waals surface area contributed by atoms with E-state index >= 15 is 0 Å². The molecule has 2 saturated heterocycles. The van der Waals surface area contributed by atoms with Gasteiger partial charge in [-0.3, -0.25) is 4.90 Å². The number of hydrogen-bond donors (Lipinski definition) is 1. The number of rotatable bonds is 6. The molecule has 8 nitrogen and oxygen atoms in total. The number of thiophene rings is 1. The highest BCUT2D eigenvalue weighted by Crippen LogP contribution is 2.50. The van der Waals surface area contributed by atoms with Crippen molar-refractivity contribution in [2.75, 3.05) is 32.0 Å². The summed E-state index contributed by atoms with van der Waals surface area (Å²) in [5.41, 5.74) is 10.2. The van der Waals surface area contributed by atoms with Crippen molar-refractivity contribution in [2.24, 2.45) is 5.41 Å². The van der Waals surface area contributed by atoms with Crippen molar-refractivity contribution in [2.45, 2.75) is 44.6 Å². The van der Waals surface area contributed by atoms with Crippen LogP contribution in [0, 0.1) is 22.6 Å². The van der Waals surface area contributed by atoms with Crippen LogP contribution in [-0.2, 0) is 22.7 Å². The first-order valence-corrected chi connectivity index (χ1v) is 14.6. The number of ether oxygens (including phenoxy) is 3. The Morgan fingerprint density at radius 1 is 1.30 bits per heavy atom. The van der Waals surface area contributed by atoms with Crippen LogP contribution in [0.25, 0.3) is 32.1 Å². The summed E-state index contributed by atoms with van der Waals surface area (Å²) in [5.74, 6) is -0.428. The predicted octanol–water partition coefficient (Wildman–Crippen LogP) is 5.42. The lowest BCUT2D eigenvalue weighted by atomic mass is 9.91. The molecule has 2 aromatic carbocycles. The van der Waals surface area contributed by atoms with Gasteiger partial charge in [-0.15, -0.1) is 11.3 Å². The number of hydrogen-bond acceptors (Lipinski definition) is 9. The Hall–Kier alpha value is -3.07. The van der Waals surface area contributed by atoms with E-state index in [9.17, 15) is 9.65 Å². The van der Waals surface area contributed by atoms with E-state index in [-0.39, 0.29) is 22.0 Å². The molecule has 3 fully saturated rings. The van der Waals surface area contributed by atoms with Gasteiger partial charge in [-0.25, -0.2) is 9.37 Å². The second-order valence-corrected chi connectivity index (χ2v) is 12.8. The number of nitrogens with two attached hydrogens (primary N) is 1. The average Bonchev–Trinajstić information content (AvgIpc) is 3.39. The number of benzene rings is 2. The molecule has 4 aromatic rings. The molecule has 2 N–H and O–H groups in total. The van der Waals surface area contributed by atoms with E-state index in [0.29, 0.717) is 63.7 Å². The molecule has 8 rings (SSSR count). The van der Waals surface area contributed by atoms with Crippen molar-refractivity contribution in [3.05, 3.63) is 45.9 Å². The van der Waals surface area contributed by atoms with Gasteiger partial charge in [-0.2, -0.15) is 10.2 Å². The zero-order chi connectivity index (χ0) is 27.2. The van der Waals surface area contributed by atoms with Gasteiger partial charge in [0.1, 0.15) is 16.9 Å². The van der Waals surface area contributed by atoms with Crippen LogP contribution in [0.5, 0.6) is 6.01 Å². The number of likely N-dealkylation sites (tertiary alicyclic amines) is 1. The van der Waals surface area contributed by atoms with E-state index in [4.69, 9.17) is 36.5 Å². The normalized spacial score (nSPS) is 22.7. The molecule has 1 aliphatic carbocycles. The standard InChI is InChI=1S/C29H25ClFN5O3S/c30-24-22(16-1-2-21(31)26-23(16)17(6-32)27(33)40-26)20-11-37-10-19(20)18-7-34-28(35-25(18)24)39-13-29(3-4-29)12-36-8-15-5-14(36)9-38-15/h1-2,7,14-15H,3-5,8-13,33H2/t14-,15-/m0/s1. The highest BCUT2D eigenvalue weighted by Gasteiger charge is 2.49. The van der Waals surface area contributed by atoms with Gasteiger partial charge < -0.3 is 19.9 Å². The fourth-order valence-corrected chi connectivity index (χ4v) is 7.91. The number of fused-ring (bicyclic) bond motifs is 6. The first-order valence-electron chi connectivity index (χ1n) is 13.4. The first kappa shape index (κ1) is 24.7. The lowest BCUT2D eigenvalue weighted by Crippen LogP contribution is -2.42. The average molecular weight is 578 g/mol. The van der Waals surface area contributed by atoms with Crippen molar-refractivity contribution in [1.82, 2.24) is 14.9 Å². The van der Waals surface area contributed by atoms with Crippen LogP contribution in [-0.4, -0.2) is 53.3 Å². The van der Waals surface area contributed by atoms with E-state index in [1.807, 2.05) is 0 Å². The smallest absolute Gasteiger partial charge is 0.316 e. The zero-order valence-electron chi connectivity index (χ0n) is 21.5. The van der Waals surface area contributed by atoms with Gasteiger partial charge in [-0.1, -0.05) is 17.7 Å². The summed E-state index contributed by atoms with van der Waals surface area (Å²) in [4.78, 5) is 11.9. The summed E-state index contributed by atoms with van der Waals surface area (Å²) in [6.45, 7) is 4.11. The van der Waals surface area contributed by atoms with Crippen molar-refractivity contribution < 1.29 is 18.6 Å². The summed E-state index contributed by atoms with van der Waals surface area (Å²) >= 11 is 8.17. The second kappa shape index (κ2) is 8.96. The molecular weight excluding hydrogens is 553 g/mol. The zero-order valence-corrected chi connectivity index (χ0v) is 23.1. The van der Waals surface area contributed by atoms with Crippen LogP contribution < -0.4 is 10.5 Å². The minimum Gasteiger partial charge on any atom is -0.463 e. The van der Waals surface area contributed by atoms with Gasteiger partial charge in [0.2, 0.25) is 0 Å². The second-order valence-electron chi connectivity index (χ2n) is 11.4. The van der Waals surface area contributed by atoms with E-state index in [0.717, 1.165) is 66.8 Å². The van der Waals surface area contributed by atoms with Gasteiger partial charge in [0.15, 0.2) is 0 Å². The van der Waals surface area contributed by atoms with Crippen molar-refractivity contribution >= 4 is 48.9 Å². The Balaban J connectivity index is 1.18. The Bertz CT molecular complexity index is 1770. The quantitative estimate of drug-likeness (QED) is 0.324. The first-order chi connectivity index (χ1) is 19.4. The lowest BCUT2D eigenvalue weighted by molar-refractivity contribution is 0.0176. The Morgan fingerprint density at radius 2 is 2.15 bits per heavy atom. The number of morpholine rings is 1. The highest BCUT2D eigenvalue weighted by molar-refractivity contribution is 7.23. The number of aromatic nitrogens is 2. The molecule has 0 radical (unpaired) electrons. The fourth-order valence-electron chi connectivity index (χ4n) is 6.60. The third-order valence-corrected chi connectivity index (χ3v) is 10.3. The van der Waals surface area contributed by atoms with Gasteiger partial charge in [-0.05, 0) is 42.0 Å². The molecule has 0 spiro atoms. The predicted molar refractivity (Wildman–Crippen MR) is 150 cm³/mol. The van der Waals surface area contributed by atoms with Crippen LogP contribution in [0.3, 0.4) is 0 Å². The maximum absolute atomic E-state index is 14.8. The van der Waals surface area contributed by atoms with Crippen LogP contribution >= 0.6 is 22.9 Å². The lowest BCUT2D eigenvalue weighted by Gasteiger charge is -2.30. The molecule has 4 aliphatic rings. The van der Waals surface area contributed by atoms with E-state index < -0.39 is 5.82 Å². The maximum Gasteiger partial charge on any atom is 0.316 e. The van der Waals surface area contributed by atoms with E-state index in [1.165, 1.54) is 6.07 Å². The number of nitrogen functional groups attached to an aromatic ring is 1. The highest BCUT2D eigenvalue weighted by atomic mass is 35.5. The number of halogens is 2. The van der Waals surface area contributed by atoms with E-state index in [2.05, 4.69) is 16.0 Å². The van der Waals surface area contributed by atoms with Crippen LogP contribution in [0.2, 0.25) is 5.02 Å². The van der Waals surface area contributed by atoms with Crippen molar-refractivity contribution in [3.63, 3.8) is 0 Å². The SMILES string of the molecule is N#Cc1c(N)sc2c(F)ccc(-c3c4c(c5cnc(OCC6(CN7C[C@@H]8C[C@H]7CO8)CC6)nc5c3Cl)COC4)c12. The molecule has 204 valence electrons. The summed E-state index contributed by atoms with van der Waals surface area (Å²) < 4.78 is 32.9. The summed E-state index contributed by atoms with van der Waals surface area (Å²) in [6, 6.07) is 5.99. The van der Waals surface area contributed by atoms with Crippen LogP contribution in [0.4, 0.5) is 9.39 Å². The molecule has 2 aromatic heterocycles. The molecular formula is C29H25ClFN5O3S. The Kier molecular flexibility index (Phi) is 5.54. The van der Waals surface area contributed by atoms with Crippen LogP contribution in [0.15, 0.2) is 18.3 Å². The number of nitriles is 1. The van der Waals surface area contributed by atoms with Gasteiger partial charge in [0.25, 0.3) is 0 Å². The Morgan fingerprint density at radius 3 is 2.90 bits per heavy atom. The van der Waals surface area contributed by atoms with Crippen LogP contribution in [0.1, 0.15) is 36.0 Å². The van der Waals surface area contributed by atoms with Gasteiger partial charge in [0.05, 0.1) is 53.3 Å². The maximum atomic E-state index is 14.8. The molecule has 5 heterocycles. The summed E-state index contributed by atoms with van der Waals surface area (Å²) in [7, 11) is 0. The third kappa shape index (κ3) is 3.72. The number of nitrogens with zero attached hydrogens (tertiary/aromatic N) is 4.